The largest absolute Gasteiger partial charge is 0.497 e. The maximum atomic E-state index is 12.3. The van der Waals surface area contributed by atoms with Crippen LogP contribution in [0.2, 0.25) is 0 Å². The lowest BCUT2D eigenvalue weighted by atomic mass is 10.2. The molecule has 0 aromatic heterocycles. The second kappa shape index (κ2) is 6.59. The van der Waals surface area contributed by atoms with Crippen LogP contribution in [0.3, 0.4) is 0 Å². The van der Waals surface area contributed by atoms with Crippen LogP contribution in [-0.4, -0.2) is 25.7 Å². The first-order valence-corrected chi connectivity index (χ1v) is 8.29. The molecule has 4 rings (SSSR count). The summed E-state index contributed by atoms with van der Waals surface area (Å²) in [4.78, 5) is 24.6. The molecule has 1 aliphatic carbocycles. The molecule has 134 valence electrons. The van der Waals surface area contributed by atoms with E-state index in [1.807, 2.05) is 0 Å². The first-order chi connectivity index (χ1) is 12.6. The second-order valence-electron chi connectivity index (χ2n) is 6.22. The lowest BCUT2D eigenvalue weighted by Crippen LogP contribution is -2.20. The van der Waals surface area contributed by atoms with E-state index in [0.29, 0.717) is 29.3 Å². The van der Waals surface area contributed by atoms with E-state index in [4.69, 9.17) is 14.2 Å². The third-order valence-electron chi connectivity index (χ3n) is 4.46. The van der Waals surface area contributed by atoms with E-state index in [9.17, 15) is 9.59 Å². The number of amides is 2. The Hall–Kier alpha value is -3.22. The maximum Gasteiger partial charge on any atom is 0.231 e. The predicted molar refractivity (Wildman–Crippen MR) is 94.4 cm³/mol. The fraction of sp³-hybridized carbons (Fsp3) is 0.263. The number of rotatable bonds is 5. The fourth-order valence-corrected chi connectivity index (χ4v) is 2.89. The maximum absolute atomic E-state index is 12.3. The van der Waals surface area contributed by atoms with Gasteiger partial charge < -0.3 is 24.8 Å². The molecule has 2 aromatic rings. The van der Waals surface area contributed by atoms with E-state index in [2.05, 4.69) is 10.6 Å². The zero-order chi connectivity index (χ0) is 18.1. The first-order valence-electron chi connectivity index (χ1n) is 8.29. The van der Waals surface area contributed by atoms with E-state index < -0.39 is 0 Å². The Morgan fingerprint density at radius 1 is 0.923 bits per heavy atom. The van der Waals surface area contributed by atoms with Crippen molar-refractivity contribution in [2.45, 2.75) is 6.42 Å². The number of hydrogen-bond donors (Lipinski definition) is 2. The van der Waals surface area contributed by atoms with Gasteiger partial charge in [0.1, 0.15) is 5.75 Å². The van der Waals surface area contributed by atoms with Crippen molar-refractivity contribution in [3.63, 3.8) is 0 Å². The molecule has 2 aliphatic rings. The molecular formula is C19H18N2O5. The number of carbonyl (C=O) groups is 2. The highest BCUT2D eigenvalue weighted by atomic mass is 16.7. The van der Waals surface area contributed by atoms with Crippen molar-refractivity contribution in [1.29, 1.82) is 0 Å². The molecule has 1 heterocycles. The monoisotopic (exact) mass is 354 g/mol. The van der Waals surface area contributed by atoms with Crippen LogP contribution in [0.4, 0.5) is 11.4 Å². The summed E-state index contributed by atoms with van der Waals surface area (Å²) in [6.45, 7) is 0.183. The number of ether oxygens (including phenoxy) is 3. The smallest absolute Gasteiger partial charge is 0.231 e. The van der Waals surface area contributed by atoms with Gasteiger partial charge >= 0.3 is 0 Å². The minimum atomic E-state index is -0.321. The molecule has 0 spiro atoms. The standard InChI is InChI=1S/C19H18N2O5/c1-24-13-5-2-11(3-6-13)20-18(22)14-9-15(14)19(23)21-12-4-7-16-17(8-12)26-10-25-16/h2-8,14-15H,9-10H2,1H3,(H,20,22)(H,21,23). The molecule has 2 unspecified atom stereocenters. The third-order valence-corrected chi connectivity index (χ3v) is 4.46. The molecule has 0 saturated heterocycles. The van der Waals surface area contributed by atoms with Crippen LogP contribution in [0.5, 0.6) is 17.2 Å². The number of benzene rings is 2. The van der Waals surface area contributed by atoms with Crippen LogP contribution in [0.25, 0.3) is 0 Å². The predicted octanol–water partition coefficient (Wildman–Crippen LogP) is 2.64. The number of fused-ring (bicyclic) bond motifs is 1. The molecule has 1 saturated carbocycles. The van der Waals surface area contributed by atoms with Crippen molar-refractivity contribution in [2.24, 2.45) is 11.8 Å². The van der Waals surface area contributed by atoms with Crippen molar-refractivity contribution in [1.82, 2.24) is 0 Å². The highest BCUT2D eigenvalue weighted by Gasteiger charge is 2.48. The number of nitrogens with one attached hydrogen (secondary N) is 2. The SMILES string of the molecule is COc1ccc(NC(=O)C2CC2C(=O)Nc2ccc3c(c2)OCO3)cc1. The average molecular weight is 354 g/mol. The molecular weight excluding hydrogens is 336 g/mol. The molecule has 0 radical (unpaired) electrons. The van der Waals surface area contributed by atoms with Gasteiger partial charge in [0.2, 0.25) is 18.6 Å². The number of carbonyl (C=O) groups excluding carboxylic acids is 2. The highest BCUT2D eigenvalue weighted by molar-refractivity contribution is 6.03. The Bertz CT molecular complexity index is 850. The molecule has 1 aliphatic heterocycles. The van der Waals surface area contributed by atoms with Gasteiger partial charge in [-0.3, -0.25) is 9.59 Å². The molecule has 2 atom stereocenters. The summed E-state index contributed by atoms with van der Waals surface area (Å²) >= 11 is 0. The van der Waals surface area contributed by atoms with Gasteiger partial charge in [0.15, 0.2) is 11.5 Å². The summed E-state index contributed by atoms with van der Waals surface area (Å²) in [6, 6.07) is 12.3. The highest BCUT2D eigenvalue weighted by Crippen LogP contribution is 2.41. The van der Waals surface area contributed by atoms with E-state index in [1.165, 1.54) is 0 Å². The number of hydrogen-bond acceptors (Lipinski definition) is 5. The molecule has 0 bridgehead atoms. The van der Waals surface area contributed by atoms with Crippen LogP contribution >= 0.6 is 0 Å². The van der Waals surface area contributed by atoms with E-state index in [0.717, 1.165) is 5.75 Å². The molecule has 2 aromatic carbocycles. The normalized spacial score (nSPS) is 19.6. The lowest BCUT2D eigenvalue weighted by molar-refractivity contribution is -0.122. The van der Waals surface area contributed by atoms with Gasteiger partial charge in [-0.05, 0) is 42.8 Å². The minimum Gasteiger partial charge on any atom is -0.497 e. The Labute approximate surface area is 150 Å². The van der Waals surface area contributed by atoms with Crippen molar-refractivity contribution >= 4 is 23.2 Å². The Morgan fingerprint density at radius 2 is 1.54 bits per heavy atom. The first kappa shape index (κ1) is 16.3. The van der Waals surface area contributed by atoms with E-state index >= 15 is 0 Å². The molecule has 7 nitrogen and oxygen atoms in total. The van der Waals surface area contributed by atoms with Gasteiger partial charge in [-0.25, -0.2) is 0 Å². The zero-order valence-corrected chi connectivity index (χ0v) is 14.2. The van der Waals surface area contributed by atoms with E-state index in [1.54, 1.807) is 49.6 Å². The topological polar surface area (TPSA) is 85.9 Å². The lowest BCUT2D eigenvalue weighted by Gasteiger charge is -2.07. The van der Waals surface area contributed by atoms with Crippen LogP contribution in [0, 0.1) is 11.8 Å². The van der Waals surface area contributed by atoms with Gasteiger partial charge in [0, 0.05) is 17.4 Å². The van der Waals surface area contributed by atoms with Crippen molar-refractivity contribution < 1.29 is 23.8 Å². The molecule has 2 amide bonds. The number of anilines is 2. The molecule has 1 fully saturated rings. The second-order valence-corrected chi connectivity index (χ2v) is 6.22. The van der Waals surface area contributed by atoms with Crippen molar-refractivity contribution in [2.75, 3.05) is 24.5 Å². The molecule has 7 heteroatoms. The van der Waals surface area contributed by atoms with Crippen LogP contribution in [0.15, 0.2) is 42.5 Å². The minimum absolute atomic E-state index is 0.152. The summed E-state index contributed by atoms with van der Waals surface area (Å²) < 4.78 is 15.6. The van der Waals surface area contributed by atoms with Gasteiger partial charge in [0.25, 0.3) is 0 Å². The van der Waals surface area contributed by atoms with Gasteiger partial charge in [0.05, 0.1) is 18.9 Å². The van der Waals surface area contributed by atoms with Crippen LogP contribution in [-0.2, 0) is 9.59 Å². The van der Waals surface area contributed by atoms with Crippen LogP contribution < -0.4 is 24.8 Å². The van der Waals surface area contributed by atoms with Gasteiger partial charge in [-0.2, -0.15) is 0 Å². The molecule has 2 N–H and O–H groups in total. The van der Waals surface area contributed by atoms with Crippen molar-refractivity contribution in [3.05, 3.63) is 42.5 Å². The Kier molecular flexibility index (Phi) is 4.12. The fourth-order valence-electron chi connectivity index (χ4n) is 2.89. The van der Waals surface area contributed by atoms with Crippen LogP contribution in [0.1, 0.15) is 6.42 Å². The van der Waals surface area contributed by atoms with E-state index in [-0.39, 0.29) is 30.4 Å². The molecule has 26 heavy (non-hydrogen) atoms. The zero-order valence-electron chi connectivity index (χ0n) is 14.2. The summed E-state index contributed by atoms with van der Waals surface area (Å²) in [5.41, 5.74) is 1.30. The average Bonchev–Trinajstić information content (AvgIpc) is 3.33. The Morgan fingerprint density at radius 3 is 2.23 bits per heavy atom. The van der Waals surface area contributed by atoms with Gasteiger partial charge in [-0.1, -0.05) is 0 Å². The quantitative estimate of drug-likeness (QED) is 0.862. The number of methoxy groups -OCH3 is 1. The third kappa shape index (κ3) is 3.28. The summed E-state index contributed by atoms with van der Waals surface area (Å²) in [7, 11) is 1.58. The summed E-state index contributed by atoms with van der Waals surface area (Å²) in [6.07, 6.45) is 0.540. The Balaban J connectivity index is 1.32. The van der Waals surface area contributed by atoms with Gasteiger partial charge in [-0.15, -0.1) is 0 Å². The summed E-state index contributed by atoms with van der Waals surface area (Å²) in [5, 5.41) is 5.65. The van der Waals surface area contributed by atoms with Crippen molar-refractivity contribution in [3.8, 4) is 17.2 Å². The summed E-state index contributed by atoms with van der Waals surface area (Å²) in [5.74, 6) is 1.03.